The zero-order valence-corrected chi connectivity index (χ0v) is 12.4. The molecule has 0 aliphatic heterocycles. The SMILES string of the molecule is Cn1nccc1CCS(=O)c1ccc(Br)cc1N. The lowest BCUT2D eigenvalue weighted by Gasteiger charge is -2.06. The van der Waals surface area contributed by atoms with E-state index in [4.69, 9.17) is 5.73 Å². The summed E-state index contributed by atoms with van der Waals surface area (Å²) in [5, 5.41) is 4.08. The van der Waals surface area contributed by atoms with Crippen molar-refractivity contribution in [3.63, 3.8) is 0 Å². The van der Waals surface area contributed by atoms with Gasteiger partial charge in [0.1, 0.15) is 0 Å². The summed E-state index contributed by atoms with van der Waals surface area (Å²) >= 11 is 3.33. The number of aromatic nitrogens is 2. The average molecular weight is 328 g/mol. The molecule has 2 N–H and O–H groups in total. The van der Waals surface area contributed by atoms with Gasteiger partial charge in [0.25, 0.3) is 0 Å². The second-order valence-corrected chi connectivity index (χ2v) is 6.38. The molecule has 18 heavy (non-hydrogen) atoms. The van der Waals surface area contributed by atoms with Crippen LogP contribution >= 0.6 is 15.9 Å². The summed E-state index contributed by atoms with van der Waals surface area (Å²) in [6.45, 7) is 0. The predicted octanol–water partition coefficient (Wildman–Crippen LogP) is 2.12. The van der Waals surface area contributed by atoms with Crippen LogP contribution in [-0.4, -0.2) is 19.7 Å². The molecule has 6 heteroatoms. The summed E-state index contributed by atoms with van der Waals surface area (Å²) in [4.78, 5) is 0.695. The smallest absolute Gasteiger partial charge is 0.0618 e. The normalized spacial score (nSPS) is 12.6. The summed E-state index contributed by atoms with van der Waals surface area (Å²) in [5.74, 6) is 0.547. The van der Waals surface area contributed by atoms with E-state index < -0.39 is 10.8 Å². The quantitative estimate of drug-likeness (QED) is 0.875. The lowest BCUT2D eigenvalue weighted by atomic mass is 10.3. The number of rotatable bonds is 4. The highest BCUT2D eigenvalue weighted by atomic mass is 79.9. The Morgan fingerprint density at radius 3 is 2.83 bits per heavy atom. The molecule has 4 nitrogen and oxygen atoms in total. The average Bonchev–Trinajstić information content (AvgIpc) is 2.72. The lowest BCUT2D eigenvalue weighted by Crippen LogP contribution is -2.07. The summed E-state index contributed by atoms with van der Waals surface area (Å²) < 4.78 is 14.9. The predicted molar refractivity (Wildman–Crippen MR) is 76.7 cm³/mol. The first-order valence-corrected chi connectivity index (χ1v) is 7.59. The molecule has 0 aliphatic carbocycles. The Kier molecular flexibility index (Phi) is 4.19. The van der Waals surface area contributed by atoms with Gasteiger partial charge < -0.3 is 5.73 Å². The van der Waals surface area contributed by atoms with E-state index in [0.29, 0.717) is 16.3 Å². The standard InChI is InChI=1S/C12H14BrN3OS/c1-16-10(4-6-15-16)5-7-18(17)12-3-2-9(13)8-11(12)14/h2-4,6,8H,5,7,14H2,1H3. The Labute approximate surface area is 117 Å². The van der Waals surface area contributed by atoms with Crippen molar-refractivity contribution in [2.24, 2.45) is 7.05 Å². The van der Waals surface area contributed by atoms with Gasteiger partial charge in [0.05, 0.1) is 15.7 Å². The van der Waals surface area contributed by atoms with Crippen molar-refractivity contribution in [3.8, 4) is 0 Å². The number of hydrogen-bond donors (Lipinski definition) is 1. The molecule has 2 aromatic rings. The molecule has 96 valence electrons. The Morgan fingerprint density at radius 2 is 2.22 bits per heavy atom. The largest absolute Gasteiger partial charge is 0.398 e. The van der Waals surface area contributed by atoms with Crippen LogP contribution in [0.1, 0.15) is 5.69 Å². The fourth-order valence-corrected chi connectivity index (χ4v) is 3.22. The molecule has 1 heterocycles. The van der Waals surface area contributed by atoms with Crippen molar-refractivity contribution in [3.05, 3.63) is 40.6 Å². The van der Waals surface area contributed by atoms with Crippen LogP contribution < -0.4 is 5.73 Å². The van der Waals surface area contributed by atoms with Crippen LogP contribution in [0.2, 0.25) is 0 Å². The van der Waals surface area contributed by atoms with Gasteiger partial charge in [-0.25, -0.2) is 0 Å². The Balaban J connectivity index is 2.06. The molecule has 0 saturated carbocycles. The van der Waals surface area contributed by atoms with Gasteiger partial charge in [-0.15, -0.1) is 0 Å². The maximum Gasteiger partial charge on any atom is 0.0618 e. The second-order valence-electron chi connectivity index (χ2n) is 3.93. The molecule has 1 atom stereocenters. The monoisotopic (exact) mass is 327 g/mol. The van der Waals surface area contributed by atoms with E-state index in [2.05, 4.69) is 21.0 Å². The highest BCUT2D eigenvalue weighted by Gasteiger charge is 2.09. The summed E-state index contributed by atoms with van der Waals surface area (Å²) in [7, 11) is 0.798. The van der Waals surface area contributed by atoms with Crippen LogP contribution in [0.4, 0.5) is 5.69 Å². The molecule has 0 spiro atoms. The lowest BCUT2D eigenvalue weighted by molar-refractivity contribution is 0.678. The van der Waals surface area contributed by atoms with Crippen LogP contribution in [0.15, 0.2) is 39.8 Å². The van der Waals surface area contributed by atoms with Gasteiger partial charge in [0.15, 0.2) is 0 Å². The van der Waals surface area contributed by atoms with Gasteiger partial charge in [-0.1, -0.05) is 15.9 Å². The third-order valence-corrected chi connectivity index (χ3v) is 4.61. The number of nitrogen functional groups attached to an aromatic ring is 1. The summed E-state index contributed by atoms with van der Waals surface area (Å²) in [5.41, 5.74) is 7.49. The fraction of sp³-hybridized carbons (Fsp3) is 0.250. The first-order chi connectivity index (χ1) is 8.58. The van der Waals surface area contributed by atoms with Gasteiger partial charge in [0.2, 0.25) is 0 Å². The van der Waals surface area contributed by atoms with Crippen molar-refractivity contribution < 1.29 is 4.21 Å². The maximum absolute atomic E-state index is 12.2. The molecule has 0 fully saturated rings. The van der Waals surface area contributed by atoms with Crippen LogP contribution in [0.25, 0.3) is 0 Å². The van der Waals surface area contributed by atoms with Crippen molar-refractivity contribution in [1.29, 1.82) is 0 Å². The van der Waals surface area contributed by atoms with Crippen molar-refractivity contribution in [2.45, 2.75) is 11.3 Å². The third-order valence-electron chi connectivity index (χ3n) is 2.68. The number of halogens is 1. The maximum atomic E-state index is 12.2. The van der Waals surface area contributed by atoms with Gasteiger partial charge in [0, 0.05) is 41.3 Å². The van der Waals surface area contributed by atoms with Gasteiger partial charge in [-0.05, 0) is 24.3 Å². The molecule has 1 aromatic carbocycles. The zero-order valence-electron chi connectivity index (χ0n) is 9.97. The van der Waals surface area contributed by atoms with Gasteiger partial charge >= 0.3 is 0 Å². The molecule has 1 unspecified atom stereocenters. The number of aryl methyl sites for hydroxylation is 2. The van der Waals surface area contributed by atoms with E-state index in [9.17, 15) is 4.21 Å². The highest BCUT2D eigenvalue weighted by molar-refractivity contribution is 9.10. The van der Waals surface area contributed by atoms with E-state index in [1.165, 1.54) is 0 Å². The number of nitrogens with two attached hydrogens (primary N) is 1. The van der Waals surface area contributed by atoms with Crippen LogP contribution in [-0.2, 0) is 24.3 Å². The zero-order chi connectivity index (χ0) is 13.1. The van der Waals surface area contributed by atoms with E-state index in [0.717, 1.165) is 16.6 Å². The molecule has 2 rings (SSSR count). The van der Waals surface area contributed by atoms with Crippen molar-refractivity contribution in [1.82, 2.24) is 9.78 Å². The molecular formula is C12H14BrN3OS. The topological polar surface area (TPSA) is 60.9 Å². The minimum absolute atomic E-state index is 0.547. The van der Waals surface area contributed by atoms with E-state index in [-0.39, 0.29) is 0 Å². The summed E-state index contributed by atoms with van der Waals surface area (Å²) in [6, 6.07) is 7.37. The third kappa shape index (κ3) is 3.00. The second kappa shape index (κ2) is 5.67. The Morgan fingerprint density at radius 1 is 1.44 bits per heavy atom. The van der Waals surface area contributed by atoms with E-state index in [1.807, 2.05) is 19.2 Å². The number of hydrogen-bond acceptors (Lipinski definition) is 3. The minimum atomic E-state index is -1.08. The van der Waals surface area contributed by atoms with E-state index in [1.54, 1.807) is 23.0 Å². The fourth-order valence-electron chi connectivity index (χ4n) is 1.68. The van der Waals surface area contributed by atoms with E-state index >= 15 is 0 Å². The van der Waals surface area contributed by atoms with Crippen LogP contribution in [0.5, 0.6) is 0 Å². The van der Waals surface area contributed by atoms with Gasteiger partial charge in [-0.2, -0.15) is 5.10 Å². The van der Waals surface area contributed by atoms with Gasteiger partial charge in [-0.3, -0.25) is 8.89 Å². The van der Waals surface area contributed by atoms with Crippen molar-refractivity contribution in [2.75, 3.05) is 11.5 Å². The van der Waals surface area contributed by atoms with Crippen LogP contribution in [0.3, 0.4) is 0 Å². The molecule has 0 bridgehead atoms. The molecule has 1 aromatic heterocycles. The molecule has 0 amide bonds. The first-order valence-electron chi connectivity index (χ1n) is 5.48. The van der Waals surface area contributed by atoms with Crippen molar-refractivity contribution >= 4 is 32.4 Å². The molecule has 0 aliphatic rings. The molecule has 0 radical (unpaired) electrons. The number of benzene rings is 1. The highest BCUT2D eigenvalue weighted by Crippen LogP contribution is 2.22. The summed E-state index contributed by atoms with van der Waals surface area (Å²) in [6.07, 6.45) is 2.46. The molecule has 0 saturated heterocycles. The first kappa shape index (κ1) is 13.3. The minimum Gasteiger partial charge on any atom is -0.398 e. The Bertz CT molecular complexity index is 582. The number of anilines is 1. The Hall–Kier alpha value is -1.14. The number of nitrogens with zero attached hydrogens (tertiary/aromatic N) is 2. The van der Waals surface area contributed by atoms with Crippen LogP contribution in [0, 0.1) is 0 Å². The molecular weight excluding hydrogens is 314 g/mol.